The Balaban J connectivity index is 1.93. The molecular formula is C20H21Cl2N3O. The van der Waals surface area contributed by atoms with Crippen molar-refractivity contribution in [1.29, 1.82) is 0 Å². The first-order chi connectivity index (χ1) is 12.5. The lowest BCUT2D eigenvalue weighted by molar-refractivity contribution is -0.121. The normalized spacial score (nSPS) is 11.3. The number of para-hydroxylation sites is 2. The van der Waals surface area contributed by atoms with Crippen LogP contribution in [-0.2, 0) is 17.8 Å². The second kappa shape index (κ2) is 8.11. The molecule has 1 amide bonds. The standard InChI is InChI=1S/C20H21Cl2N3O/c1-13(2)23-20(26)10-11-25-18-9-4-3-8-17(18)24-19(25)12-14-15(21)6-5-7-16(14)22/h3-9,13H,10-12H2,1-2H3,(H,23,26). The number of amides is 1. The van der Waals surface area contributed by atoms with Gasteiger partial charge in [0.05, 0.1) is 11.0 Å². The molecule has 26 heavy (non-hydrogen) atoms. The molecule has 3 rings (SSSR count). The van der Waals surface area contributed by atoms with Crippen LogP contribution in [0.25, 0.3) is 11.0 Å². The zero-order chi connectivity index (χ0) is 18.7. The van der Waals surface area contributed by atoms with Crippen molar-refractivity contribution in [3.63, 3.8) is 0 Å². The number of aromatic nitrogens is 2. The average molecular weight is 390 g/mol. The zero-order valence-electron chi connectivity index (χ0n) is 14.8. The Labute approximate surface area is 163 Å². The van der Waals surface area contributed by atoms with E-state index in [1.165, 1.54) is 0 Å². The first-order valence-corrected chi connectivity index (χ1v) is 9.37. The predicted octanol–water partition coefficient (Wildman–Crippen LogP) is 4.85. The van der Waals surface area contributed by atoms with Crippen LogP contribution in [0.3, 0.4) is 0 Å². The van der Waals surface area contributed by atoms with Crippen molar-refractivity contribution < 1.29 is 4.79 Å². The van der Waals surface area contributed by atoms with E-state index in [4.69, 9.17) is 28.2 Å². The first kappa shape index (κ1) is 18.7. The number of benzene rings is 2. The molecule has 0 radical (unpaired) electrons. The topological polar surface area (TPSA) is 46.9 Å². The highest BCUT2D eigenvalue weighted by Crippen LogP contribution is 2.28. The van der Waals surface area contributed by atoms with Crippen LogP contribution in [0.2, 0.25) is 10.0 Å². The number of hydrogen-bond donors (Lipinski definition) is 1. The van der Waals surface area contributed by atoms with Gasteiger partial charge in [-0.1, -0.05) is 41.4 Å². The van der Waals surface area contributed by atoms with E-state index >= 15 is 0 Å². The number of halogens is 2. The molecule has 0 aliphatic carbocycles. The molecule has 1 N–H and O–H groups in total. The zero-order valence-corrected chi connectivity index (χ0v) is 16.3. The van der Waals surface area contributed by atoms with Crippen LogP contribution in [0.1, 0.15) is 31.7 Å². The SMILES string of the molecule is CC(C)NC(=O)CCn1c(Cc2c(Cl)cccc2Cl)nc2ccccc21. The van der Waals surface area contributed by atoms with Crippen LogP contribution in [0, 0.1) is 0 Å². The summed E-state index contributed by atoms with van der Waals surface area (Å²) < 4.78 is 2.08. The third-order valence-corrected chi connectivity index (χ3v) is 4.85. The summed E-state index contributed by atoms with van der Waals surface area (Å²) in [7, 11) is 0. The third kappa shape index (κ3) is 4.19. The highest BCUT2D eigenvalue weighted by Gasteiger charge is 2.15. The monoisotopic (exact) mass is 389 g/mol. The van der Waals surface area contributed by atoms with E-state index < -0.39 is 0 Å². The molecule has 0 aliphatic heterocycles. The summed E-state index contributed by atoms with van der Waals surface area (Å²) >= 11 is 12.7. The highest BCUT2D eigenvalue weighted by molar-refractivity contribution is 6.36. The van der Waals surface area contributed by atoms with E-state index in [0.29, 0.717) is 29.4 Å². The van der Waals surface area contributed by atoms with Crippen LogP contribution in [-0.4, -0.2) is 21.5 Å². The molecule has 0 saturated carbocycles. The lowest BCUT2D eigenvalue weighted by Gasteiger charge is -2.12. The van der Waals surface area contributed by atoms with Gasteiger partial charge in [0.15, 0.2) is 0 Å². The molecule has 0 atom stereocenters. The average Bonchev–Trinajstić information content (AvgIpc) is 2.93. The van der Waals surface area contributed by atoms with Crippen molar-refractivity contribution >= 4 is 40.1 Å². The second-order valence-electron chi connectivity index (χ2n) is 6.52. The van der Waals surface area contributed by atoms with Crippen molar-refractivity contribution in [2.75, 3.05) is 0 Å². The largest absolute Gasteiger partial charge is 0.354 e. The van der Waals surface area contributed by atoms with Crippen molar-refractivity contribution in [3.8, 4) is 0 Å². The Bertz CT molecular complexity index is 914. The minimum absolute atomic E-state index is 0.0273. The van der Waals surface area contributed by atoms with Gasteiger partial charge in [-0.25, -0.2) is 4.98 Å². The van der Waals surface area contributed by atoms with Crippen LogP contribution >= 0.6 is 23.2 Å². The minimum Gasteiger partial charge on any atom is -0.354 e. The van der Waals surface area contributed by atoms with Gasteiger partial charge in [-0.05, 0) is 43.7 Å². The Kier molecular flexibility index (Phi) is 5.84. The molecule has 4 nitrogen and oxygen atoms in total. The van der Waals surface area contributed by atoms with Crippen LogP contribution < -0.4 is 5.32 Å². The number of carbonyl (C=O) groups excluding carboxylic acids is 1. The fourth-order valence-corrected chi connectivity index (χ4v) is 3.51. The van der Waals surface area contributed by atoms with E-state index in [0.717, 1.165) is 22.4 Å². The number of fused-ring (bicyclic) bond motifs is 1. The second-order valence-corrected chi connectivity index (χ2v) is 7.33. The molecule has 0 spiro atoms. The summed E-state index contributed by atoms with van der Waals surface area (Å²) in [6, 6.07) is 13.5. The Hall–Kier alpha value is -2.04. The summed E-state index contributed by atoms with van der Waals surface area (Å²) in [6.45, 7) is 4.46. The number of nitrogens with zero attached hydrogens (tertiary/aromatic N) is 2. The molecule has 1 aromatic heterocycles. The van der Waals surface area contributed by atoms with Crippen molar-refractivity contribution in [3.05, 3.63) is 63.9 Å². The van der Waals surface area contributed by atoms with E-state index in [2.05, 4.69) is 9.88 Å². The maximum absolute atomic E-state index is 12.1. The quantitative estimate of drug-likeness (QED) is 0.654. The van der Waals surface area contributed by atoms with Gasteiger partial charge >= 0.3 is 0 Å². The molecule has 0 saturated heterocycles. The van der Waals surface area contributed by atoms with E-state index in [1.807, 2.05) is 56.3 Å². The molecule has 0 unspecified atom stereocenters. The molecule has 0 bridgehead atoms. The van der Waals surface area contributed by atoms with Crippen molar-refractivity contribution in [2.24, 2.45) is 0 Å². The predicted molar refractivity (Wildman–Crippen MR) is 107 cm³/mol. The summed E-state index contributed by atoms with van der Waals surface area (Å²) in [4.78, 5) is 16.8. The van der Waals surface area contributed by atoms with Crippen LogP contribution in [0.5, 0.6) is 0 Å². The Morgan fingerprint density at radius 2 is 1.81 bits per heavy atom. The molecule has 6 heteroatoms. The number of hydrogen-bond acceptors (Lipinski definition) is 2. The van der Waals surface area contributed by atoms with Gasteiger partial charge in [0.2, 0.25) is 5.91 Å². The van der Waals surface area contributed by atoms with Gasteiger partial charge in [0.1, 0.15) is 5.82 Å². The molecular weight excluding hydrogens is 369 g/mol. The molecule has 2 aromatic carbocycles. The van der Waals surface area contributed by atoms with Crippen LogP contribution in [0.4, 0.5) is 0 Å². The van der Waals surface area contributed by atoms with Gasteiger partial charge in [0, 0.05) is 35.5 Å². The number of nitrogens with one attached hydrogen (secondary N) is 1. The minimum atomic E-state index is 0.0273. The molecule has 0 fully saturated rings. The molecule has 0 aliphatic rings. The first-order valence-electron chi connectivity index (χ1n) is 8.62. The van der Waals surface area contributed by atoms with Gasteiger partial charge in [-0.15, -0.1) is 0 Å². The Morgan fingerprint density at radius 1 is 1.12 bits per heavy atom. The fraction of sp³-hybridized carbons (Fsp3) is 0.300. The third-order valence-electron chi connectivity index (χ3n) is 4.14. The van der Waals surface area contributed by atoms with Crippen molar-refractivity contribution in [1.82, 2.24) is 14.9 Å². The number of imidazole rings is 1. The number of carbonyl (C=O) groups is 1. The summed E-state index contributed by atoms with van der Waals surface area (Å²) in [5.74, 6) is 0.873. The number of rotatable bonds is 6. The van der Waals surface area contributed by atoms with Gasteiger partial charge in [-0.2, -0.15) is 0 Å². The van der Waals surface area contributed by atoms with Crippen molar-refractivity contribution in [2.45, 2.75) is 39.3 Å². The van der Waals surface area contributed by atoms with Crippen LogP contribution in [0.15, 0.2) is 42.5 Å². The summed E-state index contributed by atoms with van der Waals surface area (Å²) in [6.07, 6.45) is 0.904. The Morgan fingerprint density at radius 3 is 2.50 bits per heavy atom. The van der Waals surface area contributed by atoms with Gasteiger partial charge in [0.25, 0.3) is 0 Å². The lowest BCUT2D eigenvalue weighted by Crippen LogP contribution is -2.30. The summed E-state index contributed by atoms with van der Waals surface area (Å²) in [5, 5.41) is 4.16. The number of aryl methyl sites for hydroxylation is 1. The molecule has 136 valence electrons. The van der Waals surface area contributed by atoms with E-state index in [1.54, 1.807) is 0 Å². The van der Waals surface area contributed by atoms with Gasteiger partial charge < -0.3 is 9.88 Å². The molecule has 3 aromatic rings. The maximum atomic E-state index is 12.1. The summed E-state index contributed by atoms with van der Waals surface area (Å²) in [5.41, 5.74) is 2.75. The lowest BCUT2D eigenvalue weighted by atomic mass is 10.1. The van der Waals surface area contributed by atoms with E-state index in [9.17, 15) is 4.79 Å². The van der Waals surface area contributed by atoms with E-state index in [-0.39, 0.29) is 11.9 Å². The maximum Gasteiger partial charge on any atom is 0.221 e. The highest BCUT2D eigenvalue weighted by atomic mass is 35.5. The smallest absolute Gasteiger partial charge is 0.221 e. The van der Waals surface area contributed by atoms with Gasteiger partial charge in [-0.3, -0.25) is 4.79 Å². The molecule has 1 heterocycles. The fourth-order valence-electron chi connectivity index (χ4n) is 2.98.